The average Bonchev–Trinajstić information content (AvgIpc) is 3.21. The fourth-order valence-corrected chi connectivity index (χ4v) is 2.25. The molecule has 1 heterocycles. The van der Waals surface area contributed by atoms with Gasteiger partial charge in [-0.05, 0) is 23.6 Å². The molecular formula is C17H16O. The van der Waals surface area contributed by atoms with Crippen LogP contribution >= 0.6 is 0 Å². The van der Waals surface area contributed by atoms with Crippen LogP contribution in [0.2, 0.25) is 0 Å². The van der Waals surface area contributed by atoms with Gasteiger partial charge in [-0.2, -0.15) is 0 Å². The van der Waals surface area contributed by atoms with Gasteiger partial charge in [0.05, 0.1) is 0 Å². The highest BCUT2D eigenvalue weighted by molar-refractivity contribution is 5.54. The van der Waals surface area contributed by atoms with E-state index < -0.39 is 0 Å². The molecule has 1 aliphatic rings. The molecule has 0 unspecified atom stereocenters. The first kappa shape index (κ1) is 11.2. The molecule has 90 valence electrons. The maximum atomic E-state index is 5.77. The Labute approximate surface area is 108 Å². The van der Waals surface area contributed by atoms with Gasteiger partial charge < -0.3 is 4.74 Å². The fraction of sp³-hybridized carbons (Fsp3) is 0.176. The average molecular weight is 236 g/mol. The van der Waals surface area contributed by atoms with Crippen LogP contribution in [0.1, 0.15) is 24.2 Å². The molecule has 18 heavy (non-hydrogen) atoms. The number of epoxide rings is 1. The molecule has 0 bridgehead atoms. The fourth-order valence-electron chi connectivity index (χ4n) is 2.25. The molecule has 1 nitrogen and oxygen atoms in total. The van der Waals surface area contributed by atoms with Crippen LogP contribution in [0.4, 0.5) is 0 Å². The van der Waals surface area contributed by atoms with Crippen LogP contribution in [-0.2, 0) is 4.74 Å². The topological polar surface area (TPSA) is 12.5 Å². The lowest BCUT2D eigenvalue weighted by molar-refractivity contribution is 0.389. The number of rotatable bonds is 3. The van der Waals surface area contributed by atoms with E-state index in [9.17, 15) is 0 Å². The molecule has 0 aromatic heterocycles. The molecule has 2 aromatic rings. The van der Waals surface area contributed by atoms with E-state index >= 15 is 0 Å². The molecule has 2 atom stereocenters. The summed E-state index contributed by atoms with van der Waals surface area (Å²) in [7, 11) is 0. The Morgan fingerprint density at radius 3 is 2.22 bits per heavy atom. The molecule has 1 aliphatic heterocycles. The summed E-state index contributed by atoms with van der Waals surface area (Å²) >= 11 is 0. The van der Waals surface area contributed by atoms with E-state index in [-0.39, 0.29) is 12.2 Å². The van der Waals surface area contributed by atoms with Crippen LogP contribution in [-0.4, -0.2) is 6.10 Å². The summed E-state index contributed by atoms with van der Waals surface area (Å²) in [4.78, 5) is 0. The van der Waals surface area contributed by atoms with Gasteiger partial charge in [0.15, 0.2) is 0 Å². The Kier molecular flexibility index (Phi) is 2.99. The van der Waals surface area contributed by atoms with Crippen molar-refractivity contribution in [3.05, 3.63) is 77.4 Å². The van der Waals surface area contributed by atoms with Crippen LogP contribution in [0.15, 0.2) is 66.2 Å². The zero-order chi connectivity index (χ0) is 12.4. The SMILES string of the molecule is C/C(=C\c1ccccc1)[C@H]1O[C@@H]1c1ccccc1. The predicted octanol–water partition coefficient (Wildman–Crippen LogP) is 4.23. The summed E-state index contributed by atoms with van der Waals surface area (Å²) in [6.45, 7) is 2.14. The summed E-state index contributed by atoms with van der Waals surface area (Å²) in [6, 6.07) is 20.8. The molecule has 0 amide bonds. The molecule has 0 N–H and O–H groups in total. The van der Waals surface area contributed by atoms with E-state index in [0.717, 1.165) is 0 Å². The van der Waals surface area contributed by atoms with Gasteiger partial charge in [-0.25, -0.2) is 0 Å². The molecule has 3 rings (SSSR count). The second kappa shape index (κ2) is 4.79. The number of hydrogen-bond acceptors (Lipinski definition) is 1. The Balaban J connectivity index is 1.73. The molecule has 0 aliphatic carbocycles. The Morgan fingerprint density at radius 2 is 1.56 bits per heavy atom. The molecule has 1 fully saturated rings. The minimum absolute atomic E-state index is 0.242. The van der Waals surface area contributed by atoms with E-state index in [2.05, 4.69) is 61.5 Å². The lowest BCUT2D eigenvalue weighted by Gasteiger charge is -1.98. The van der Waals surface area contributed by atoms with Crippen LogP contribution in [0.25, 0.3) is 6.08 Å². The maximum absolute atomic E-state index is 5.77. The van der Waals surface area contributed by atoms with Gasteiger partial charge in [0.25, 0.3) is 0 Å². The second-order valence-corrected chi connectivity index (χ2v) is 4.69. The molecular weight excluding hydrogens is 220 g/mol. The van der Waals surface area contributed by atoms with Crippen LogP contribution in [0.5, 0.6) is 0 Å². The highest BCUT2D eigenvalue weighted by Gasteiger charge is 2.40. The lowest BCUT2D eigenvalue weighted by atomic mass is 10.0. The smallest absolute Gasteiger partial charge is 0.113 e. The van der Waals surface area contributed by atoms with Crippen LogP contribution in [0.3, 0.4) is 0 Å². The molecule has 2 aromatic carbocycles. The van der Waals surface area contributed by atoms with Gasteiger partial charge >= 0.3 is 0 Å². The van der Waals surface area contributed by atoms with E-state index in [1.165, 1.54) is 16.7 Å². The van der Waals surface area contributed by atoms with Gasteiger partial charge in [0.2, 0.25) is 0 Å². The van der Waals surface area contributed by atoms with Crippen molar-refractivity contribution in [1.82, 2.24) is 0 Å². The van der Waals surface area contributed by atoms with Crippen molar-refractivity contribution in [1.29, 1.82) is 0 Å². The Hall–Kier alpha value is -1.86. The van der Waals surface area contributed by atoms with E-state index in [1.54, 1.807) is 0 Å². The Morgan fingerprint density at radius 1 is 0.944 bits per heavy atom. The largest absolute Gasteiger partial charge is 0.360 e. The van der Waals surface area contributed by atoms with Gasteiger partial charge in [0, 0.05) is 0 Å². The number of hydrogen-bond donors (Lipinski definition) is 0. The van der Waals surface area contributed by atoms with Crippen molar-refractivity contribution in [3.8, 4) is 0 Å². The summed E-state index contributed by atoms with van der Waals surface area (Å²) in [6.07, 6.45) is 2.69. The highest BCUT2D eigenvalue weighted by atomic mass is 16.6. The van der Waals surface area contributed by atoms with Crippen LogP contribution in [0, 0.1) is 0 Å². The van der Waals surface area contributed by atoms with Crippen molar-refractivity contribution >= 4 is 6.08 Å². The number of benzene rings is 2. The van der Waals surface area contributed by atoms with E-state index in [4.69, 9.17) is 4.74 Å². The first-order valence-electron chi connectivity index (χ1n) is 6.28. The third-order valence-electron chi connectivity index (χ3n) is 3.26. The van der Waals surface area contributed by atoms with Crippen molar-refractivity contribution in [2.24, 2.45) is 0 Å². The first-order chi connectivity index (χ1) is 8.84. The monoisotopic (exact) mass is 236 g/mol. The number of ether oxygens (including phenoxy) is 1. The van der Waals surface area contributed by atoms with Gasteiger partial charge in [-0.1, -0.05) is 66.7 Å². The van der Waals surface area contributed by atoms with Crippen molar-refractivity contribution in [2.45, 2.75) is 19.1 Å². The minimum atomic E-state index is 0.242. The third-order valence-corrected chi connectivity index (χ3v) is 3.26. The highest BCUT2D eigenvalue weighted by Crippen LogP contribution is 2.43. The summed E-state index contributed by atoms with van der Waals surface area (Å²) in [5.74, 6) is 0. The molecule has 1 heteroatoms. The van der Waals surface area contributed by atoms with Crippen molar-refractivity contribution in [2.75, 3.05) is 0 Å². The summed E-state index contributed by atoms with van der Waals surface area (Å²) in [5.41, 5.74) is 3.79. The zero-order valence-electron chi connectivity index (χ0n) is 10.4. The van der Waals surface area contributed by atoms with Crippen LogP contribution < -0.4 is 0 Å². The van der Waals surface area contributed by atoms with E-state index in [0.29, 0.717) is 0 Å². The quantitative estimate of drug-likeness (QED) is 0.726. The first-order valence-corrected chi connectivity index (χ1v) is 6.28. The van der Waals surface area contributed by atoms with Gasteiger partial charge in [-0.3, -0.25) is 0 Å². The maximum Gasteiger partial charge on any atom is 0.113 e. The summed E-state index contributed by atoms with van der Waals surface area (Å²) < 4.78 is 5.77. The standard InChI is InChI=1S/C17H16O/c1-13(12-14-8-4-2-5-9-14)16-17(18-16)15-10-6-3-7-11-15/h2-12,16-17H,1H3/b13-12+/t16-,17-/m1/s1. The summed E-state index contributed by atoms with van der Waals surface area (Å²) in [5, 5.41) is 0. The second-order valence-electron chi connectivity index (χ2n) is 4.69. The zero-order valence-corrected chi connectivity index (χ0v) is 10.4. The minimum Gasteiger partial charge on any atom is -0.360 e. The predicted molar refractivity (Wildman–Crippen MR) is 74.1 cm³/mol. The van der Waals surface area contributed by atoms with Crippen molar-refractivity contribution in [3.63, 3.8) is 0 Å². The van der Waals surface area contributed by atoms with Crippen molar-refractivity contribution < 1.29 is 4.74 Å². The lowest BCUT2D eigenvalue weighted by Crippen LogP contribution is -1.90. The molecule has 0 saturated carbocycles. The molecule has 0 radical (unpaired) electrons. The van der Waals surface area contributed by atoms with E-state index in [1.807, 2.05) is 12.1 Å². The van der Waals surface area contributed by atoms with Gasteiger partial charge in [0.1, 0.15) is 12.2 Å². The third kappa shape index (κ3) is 2.36. The molecule has 0 spiro atoms. The normalized spacial score (nSPS) is 22.8. The molecule has 1 saturated heterocycles. The Bertz CT molecular complexity index is 542. The van der Waals surface area contributed by atoms with Gasteiger partial charge in [-0.15, -0.1) is 0 Å².